The topological polar surface area (TPSA) is 37.8 Å². The first-order valence-corrected chi connectivity index (χ1v) is 6.75. The molecule has 3 rings (SSSR count). The van der Waals surface area contributed by atoms with Crippen molar-refractivity contribution in [3.8, 4) is 0 Å². The highest BCUT2D eigenvalue weighted by Crippen LogP contribution is 2.19. The Balaban J connectivity index is 1.87. The quantitative estimate of drug-likeness (QED) is 0.779. The normalized spacial score (nSPS) is 10.7. The van der Waals surface area contributed by atoms with Crippen LogP contribution in [0, 0.1) is 13.8 Å². The van der Waals surface area contributed by atoms with E-state index in [9.17, 15) is 0 Å². The fraction of sp³-hybridized carbons (Fsp3) is 0.176. The summed E-state index contributed by atoms with van der Waals surface area (Å²) in [5, 5.41) is 4.65. The molecule has 0 bridgehead atoms. The molecule has 0 aliphatic heterocycles. The van der Waals surface area contributed by atoms with Gasteiger partial charge in [0.05, 0.1) is 16.9 Å². The average molecular weight is 263 g/mol. The Labute approximate surface area is 118 Å². The van der Waals surface area contributed by atoms with Crippen molar-refractivity contribution in [2.24, 2.45) is 0 Å². The van der Waals surface area contributed by atoms with Gasteiger partial charge in [0.1, 0.15) is 0 Å². The molecule has 0 amide bonds. The number of nitrogens with zero attached hydrogens (tertiary/aromatic N) is 2. The molecule has 0 radical (unpaired) electrons. The number of aromatic nitrogens is 2. The summed E-state index contributed by atoms with van der Waals surface area (Å²) in [6, 6.07) is 14.4. The van der Waals surface area contributed by atoms with E-state index in [2.05, 4.69) is 33.5 Å². The van der Waals surface area contributed by atoms with Crippen LogP contribution in [0.1, 0.15) is 17.0 Å². The lowest BCUT2D eigenvalue weighted by Gasteiger charge is -2.11. The van der Waals surface area contributed by atoms with Crippen LogP contribution in [-0.2, 0) is 6.54 Å². The highest BCUT2D eigenvalue weighted by molar-refractivity contribution is 5.82. The fourth-order valence-electron chi connectivity index (χ4n) is 2.37. The van der Waals surface area contributed by atoms with Gasteiger partial charge in [-0.15, -0.1) is 0 Å². The maximum Gasteiger partial charge on any atom is 0.0705 e. The number of pyridine rings is 2. The van der Waals surface area contributed by atoms with Crippen molar-refractivity contribution in [3.05, 3.63) is 65.6 Å². The van der Waals surface area contributed by atoms with Crippen LogP contribution in [0.25, 0.3) is 10.9 Å². The van der Waals surface area contributed by atoms with Gasteiger partial charge in [0.15, 0.2) is 0 Å². The predicted octanol–water partition coefficient (Wildman–Crippen LogP) is 3.86. The van der Waals surface area contributed by atoms with Gasteiger partial charge in [-0.1, -0.05) is 18.2 Å². The molecule has 3 heteroatoms. The summed E-state index contributed by atoms with van der Waals surface area (Å²) in [5.74, 6) is 0. The molecular formula is C17H17N3. The molecule has 0 aliphatic rings. The molecule has 2 heterocycles. The van der Waals surface area contributed by atoms with E-state index >= 15 is 0 Å². The lowest BCUT2D eigenvalue weighted by molar-refractivity contribution is 1.08. The van der Waals surface area contributed by atoms with Crippen molar-refractivity contribution in [3.63, 3.8) is 0 Å². The van der Waals surface area contributed by atoms with Crippen LogP contribution in [0.5, 0.6) is 0 Å². The van der Waals surface area contributed by atoms with Gasteiger partial charge in [-0.25, -0.2) is 0 Å². The molecule has 100 valence electrons. The van der Waals surface area contributed by atoms with Crippen molar-refractivity contribution in [2.75, 3.05) is 5.32 Å². The maximum absolute atomic E-state index is 4.47. The van der Waals surface area contributed by atoms with E-state index in [-0.39, 0.29) is 0 Å². The Kier molecular flexibility index (Phi) is 3.33. The molecule has 0 spiro atoms. The number of benzene rings is 1. The number of hydrogen-bond acceptors (Lipinski definition) is 3. The third-order valence-corrected chi connectivity index (χ3v) is 3.43. The van der Waals surface area contributed by atoms with E-state index in [4.69, 9.17) is 0 Å². The molecule has 2 aromatic heterocycles. The maximum atomic E-state index is 4.47. The smallest absolute Gasteiger partial charge is 0.0705 e. The second-order valence-electron chi connectivity index (χ2n) is 4.93. The predicted molar refractivity (Wildman–Crippen MR) is 82.8 cm³/mol. The minimum Gasteiger partial charge on any atom is -0.379 e. The highest BCUT2D eigenvalue weighted by atomic mass is 14.9. The first-order chi connectivity index (χ1) is 9.74. The summed E-state index contributed by atoms with van der Waals surface area (Å²) >= 11 is 0. The number of rotatable bonds is 3. The molecule has 1 N–H and O–H groups in total. The Morgan fingerprint density at radius 1 is 1.00 bits per heavy atom. The minimum atomic E-state index is 0.772. The average Bonchev–Trinajstić information content (AvgIpc) is 2.46. The van der Waals surface area contributed by atoms with Crippen LogP contribution in [0.15, 0.2) is 48.7 Å². The number of aryl methyl sites for hydroxylation is 2. The van der Waals surface area contributed by atoms with E-state index < -0.39 is 0 Å². The van der Waals surface area contributed by atoms with Crippen LogP contribution in [0.4, 0.5) is 5.69 Å². The van der Waals surface area contributed by atoms with Crippen molar-refractivity contribution in [1.82, 2.24) is 9.97 Å². The van der Waals surface area contributed by atoms with Gasteiger partial charge in [0.2, 0.25) is 0 Å². The van der Waals surface area contributed by atoms with Gasteiger partial charge in [-0.3, -0.25) is 9.97 Å². The van der Waals surface area contributed by atoms with Crippen LogP contribution in [-0.4, -0.2) is 9.97 Å². The molecular weight excluding hydrogens is 246 g/mol. The molecule has 1 aromatic carbocycles. The second-order valence-corrected chi connectivity index (χ2v) is 4.93. The summed E-state index contributed by atoms with van der Waals surface area (Å²) in [6.07, 6.45) is 1.86. The molecule has 20 heavy (non-hydrogen) atoms. The third kappa shape index (κ3) is 2.48. The minimum absolute atomic E-state index is 0.772. The Morgan fingerprint density at radius 3 is 2.70 bits per heavy atom. The molecule has 0 atom stereocenters. The highest BCUT2D eigenvalue weighted by Gasteiger charge is 2.03. The molecule has 3 aromatic rings. The molecule has 3 nitrogen and oxygen atoms in total. The summed E-state index contributed by atoms with van der Waals surface area (Å²) in [4.78, 5) is 8.86. The van der Waals surface area contributed by atoms with Crippen LogP contribution >= 0.6 is 0 Å². The summed E-state index contributed by atoms with van der Waals surface area (Å²) in [6.45, 7) is 4.81. The number of nitrogens with one attached hydrogen (secondary N) is 1. The first kappa shape index (κ1) is 12.6. The number of fused-ring (bicyclic) bond motifs is 1. The number of anilines is 1. The van der Waals surface area contributed by atoms with Crippen molar-refractivity contribution >= 4 is 16.6 Å². The molecule has 0 fully saturated rings. The van der Waals surface area contributed by atoms with E-state index in [1.165, 1.54) is 10.9 Å². The monoisotopic (exact) mass is 263 g/mol. The van der Waals surface area contributed by atoms with Gasteiger partial charge in [-0.05, 0) is 43.7 Å². The third-order valence-electron chi connectivity index (χ3n) is 3.43. The number of hydrogen-bond donors (Lipinski definition) is 1. The molecule has 0 unspecified atom stereocenters. The second kappa shape index (κ2) is 5.29. The van der Waals surface area contributed by atoms with Crippen molar-refractivity contribution in [1.29, 1.82) is 0 Å². The van der Waals surface area contributed by atoms with Gasteiger partial charge >= 0.3 is 0 Å². The molecule has 0 saturated carbocycles. The SMILES string of the molecule is Cc1ccc(NCc2ccnc3ccccc23)c(C)n1. The van der Waals surface area contributed by atoms with Crippen LogP contribution < -0.4 is 5.32 Å². The largest absolute Gasteiger partial charge is 0.379 e. The summed E-state index contributed by atoms with van der Waals surface area (Å²) in [5.41, 5.74) is 5.43. The van der Waals surface area contributed by atoms with Crippen LogP contribution in [0.2, 0.25) is 0 Å². The first-order valence-electron chi connectivity index (χ1n) is 6.75. The van der Waals surface area contributed by atoms with Crippen LogP contribution in [0.3, 0.4) is 0 Å². The van der Waals surface area contributed by atoms with Gasteiger partial charge in [0, 0.05) is 23.8 Å². The fourth-order valence-corrected chi connectivity index (χ4v) is 2.37. The van der Waals surface area contributed by atoms with E-state index in [0.717, 1.165) is 29.1 Å². The van der Waals surface area contributed by atoms with E-state index in [1.54, 1.807) is 0 Å². The van der Waals surface area contributed by atoms with E-state index in [1.807, 2.05) is 44.3 Å². The Hall–Kier alpha value is -2.42. The Bertz CT molecular complexity index is 745. The van der Waals surface area contributed by atoms with Crippen molar-refractivity contribution < 1.29 is 0 Å². The van der Waals surface area contributed by atoms with Crippen molar-refractivity contribution in [2.45, 2.75) is 20.4 Å². The van der Waals surface area contributed by atoms with Gasteiger partial charge < -0.3 is 5.32 Å². The lowest BCUT2D eigenvalue weighted by atomic mass is 10.1. The van der Waals surface area contributed by atoms with Gasteiger partial charge in [0.25, 0.3) is 0 Å². The lowest BCUT2D eigenvalue weighted by Crippen LogP contribution is -2.03. The number of para-hydroxylation sites is 1. The molecule has 0 aliphatic carbocycles. The summed E-state index contributed by atoms with van der Waals surface area (Å²) < 4.78 is 0. The molecule has 0 saturated heterocycles. The zero-order valence-electron chi connectivity index (χ0n) is 11.7. The zero-order chi connectivity index (χ0) is 13.9. The van der Waals surface area contributed by atoms with E-state index in [0.29, 0.717) is 0 Å². The standard InChI is InChI=1S/C17H17N3/c1-12-7-8-16(13(2)20-12)19-11-14-9-10-18-17-6-4-3-5-15(14)17/h3-10,19H,11H2,1-2H3. The van der Waals surface area contributed by atoms with Gasteiger partial charge in [-0.2, -0.15) is 0 Å². The summed E-state index contributed by atoms with van der Waals surface area (Å²) in [7, 11) is 0. The zero-order valence-corrected chi connectivity index (χ0v) is 11.7. The Morgan fingerprint density at radius 2 is 1.85 bits per heavy atom.